The summed E-state index contributed by atoms with van der Waals surface area (Å²) in [5.74, 6) is -3.82. The van der Waals surface area contributed by atoms with Crippen molar-refractivity contribution in [1.29, 1.82) is 0 Å². The third-order valence-electron chi connectivity index (χ3n) is 2.47. The van der Waals surface area contributed by atoms with E-state index in [1.165, 1.54) is 6.92 Å². The van der Waals surface area contributed by atoms with Crippen molar-refractivity contribution in [3.05, 3.63) is 0 Å². The van der Waals surface area contributed by atoms with Crippen molar-refractivity contribution in [2.24, 2.45) is 0 Å². The summed E-state index contributed by atoms with van der Waals surface area (Å²) in [5, 5.41) is 0. The lowest BCUT2D eigenvalue weighted by atomic mass is 10.0. The quantitative estimate of drug-likeness (QED) is 0.740. The molecule has 88 valence electrons. The van der Waals surface area contributed by atoms with Gasteiger partial charge in [0.15, 0.2) is 0 Å². The van der Waals surface area contributed by atoms with Crippen LogP contribution in [0.5, 0.6) is 0 Å². The molecule has 0 aromatic rings. The Labute approximate surface area is 87.3 Å². The number of halogens is 2. The molecule has 0 amide bonds. The van der Waals surface area contributed by atoms with E-state index in [9.17, 15) is 22.0 Å². The minimum Gasteiger partial charge on any atom is -0.298 e. The molecule has 1 atom stereocenters. The fourth-order valence-electron chi connectivity index (χ4n) is 1.72. The SMILES string of the molecule is CC(=O)C1CCCCN1S(=O)(=O)C(F)F. The number of hydrogen-bond acceptors (Lipinski definition) is 3. The van der Waals surface area contributed by atoms with Gasteiger partial charge < -0.3 is 0 Å². The van der Waals surface area contributed by atoms with Crippen molar-refractivity contribution in [1.82, 2.24) is 4.31 Å². The lowest BCUT2D eigenvalue weighted by molar-refractivity contribution is -0.121. The zero-order valence-corrected chi connectivity index (χ0v) is 9.14. The normalized spacial score (nSPS) is 24.4. The summed E-state index contributed by atoms with van der Waals surface area (Å²) in [4.78, 5) is 11.1. The van der Waals surface area contributed by atoms with E-state index in [0.29, 0.717) is 23.6 Å². The molecule has 1 rings (SSSR count). The molecule has 1 saturated heterocycles. The van der Waals surface area contributed by atoms with E-state index < -0.39 is 21.8 Å². The topological polar surface area (TPSA) is 54.5 Å². The van der Waals surface area contributed by atoms with Crippen molar-refractivity contribution in [3.63, 3.8) is 0 Å². The molecule has 1 fully saturated rings. The molecule has 7 heteroatoms. The third kappa shape index (κ3) is 2.52. The molecule has 0 N–H and O–H groups in total. The molecule has 0 aromatic carbocycles. The maximum Gasteiger partial charge on any atom is 0.350 e. The van der Waals surface area contributed by atoms with Gasteiger partial charge in [0.05, 0.1) is 6.04 Å². The Morgan fingerprint density at radius 3 is 2.47 bits per heavy atom. The second-order valence-electron chi connectivity index (χ2n) is 3.54. The Balaban J connectivity index is 2.95. The van der Waals surface area contributed by atoms with Gasteiger partial charge in [-0.05, 0) is 19.8 Å². The lowest BCUT2D eigenvalue weighted by Gasteiger charge is -2.32. The van der Waals surface area contributed by atoms with E-state index >= 15 is 0 Å². The molecule has 1 aliphatic heterocycles. The first-order chi connectivity index (χ1) is 6.87. The monoisotopic (exact) mass is 241 g/mol. The van der Waals surface area contributed by atoms with Crippen LogP contribution in [0.25, 0.3) is 0 Å². The van der Waals surface area contributed by atoms with E-state index in [1.807, 2.05) is 0 Å². The molecule has 0 spiro atoms. The first kappa shape index (κ1) is 12.5. The summed E-state index contributed by atoms with van der Waals surface area (Å²) >= 11 is 0. The second-order valence-corrected chi connectivity index (χ2v) is 5.39. The zero-order chi connectivity index (χ0) is 11.6. The summed E-state index contributed by atoms with van der Waals surface area (Å²) in [5.41, 5.74) is 0. The van der Waals surface area contributed by atoms with Crippen LogP contribution in [0, 0.1) is 0 Å². The standard InChI is InChI=1S/C8H13F2NO3S/c1-6(12)7-4-2-3-5-11(7)15(13,14)8(9)10/h7-8H,2-5H2,1H3. The highest BCUT2D eigenvalue weighted by Crippen LogP contribution is 2.24. The first-order valence-corrected chi connectivity index (χ1v) is 6.17. The van der Waals surface area contributed by atoms with Crippen molar-refractivity contribution < 1.29 is 22.0 Å². The Kier molecular flexibility index (Phi) is 3.77. The number of carbonyl (C=O) groups is 1. The van der Waals surface area contributed by atoms with Crippen LogP contribution in [0.2, 0.25) is 0 Å². The Morgan fingerprint density at radius 2 is 2.00 bits per heavy atom. The number of nitrogens with zero attached hydrogens (tertiary/aromatic N) is 1. The largest absolute Gasteiger partial charge is 0.350 e. The van der Waals surface area contributed by atoms with Crippen LogP contribution < -0.4 is 0 Å². The highest BCUT2D eigenvalue weighted by atomic mass is 32.2. The molecule has 0 aliphatic carbocycles. The number of rotatable bonds is 3. The van der Waals surface area contributed by atoms with Crippen LogP contribution in [0.3, 0.4) is 0 Å². The number of ketones is 1. The average Bonchev–Trinajstić information content (AvgIpc) is 2.17. The van der Waals surface area contributed by atoms with Crippen molar-refractivity contribution >= 4 is 15.8 Å². The van der Waals surface area contributed by atoms with Crippen LogP contribution >= 0.6 is 0 Å². The minimum absolute atomic E-state index is 0.0108. The van der Waals surface area contributed by atoms with Gasteiger partial charge in [-0.25, -0.2) is 8.42 Å². The molecule has 0 bridgehead atoms. The van der Waals surface area contributed by atoms with Crippen molar-refractivity contribution in [2.45, 2.75) is 38.0 Å². The van der Waals surface area contributed by atoms with Gasteiger partial charge in [0.2, 0.25) is 0 Å². The predicted molar refractivity (Wildman–Crippen MR) is 49.9 cm³/mol. The molecule has 0 saturated carbocycles. The summed E-state index contributed by atoms with van der Waals surface area (Å²) in [6, 6.07) is -0.905. The van der Waals surface area contributed by atoms with E-state index in [4.69, 9.17) is 0 Å². The molecule has 1 heterocycles. The summed E-state index contributed by atoms with van der Waals surface area (Å²) in [7, 11) is -4.61. The molecule has 1 aliphatic rings. The van der Waals surface area contributed by atoms with E-state index in [2.05, 4.69) is 0 Å². The van der Waals surface area contributed by atoms with Crippen LogP contribution in [-0.4, -0.2) is 36.9 Å². The molecule has 4 nitrogen and oxygen atoms in total. The van der Waals surface area contributed by atoms with Crippen LogP contribution in [0.4, 0.5) is 8.78 Å². The van der Waals surface area contributed by atoms with Crippen molar-refractivity contribution in [3.8, 4) is 0 Å². The molecule has 0 aromatic heterocycles. The third-order valence-corrected chi connectivity index (χ3v) is 4.02. The Hall–Kier alpha value is -0.560. The van der Waals surface area contributed by atoms with Gasteiger partial charge >= 0.3 is 5.76 Å². The molecule has 15 heavy (non-hydrogen) atoms. The number of Topliss-reactive ketones (excluding diaryl/α,β-unsaturated/α-hetero) is 1. The maximum absolute atomic E-state index is 12.3. The van der Waals surface area contributed by atoms with E-state index in [-0.39, 0.29) is 12.3 Å². The number of sulfonamides is 1. The number of hydrogen-bond donors (Lipinski definition) is 0. The zero-order valence-electron chi connectivity index (χ0n) is 8.32. The Morgan fingerprint density at radius 1 is 1.40 bits per heavy atom. The van der Waals surface area contributed by atoms with Gasteiger partial charge in [0.25, 0.3) is 10.0 Å². The summed E-state index contributed by atoms with van der Waals surface area (Å²) < 4.78 is 47.7. The highest BCUT2D eigenvalue weighted by Gasteiger charge is 2.39. The second kappa shape index (κ2) is 4.52. The van der Waals surface area contributed by atoms with Gasteiger partial charge in [-0.15, -0.1) is 0 Å². The van der Waals surface area contributed by atoms with Crippen LogP contribution in [0.15, 0.2) is 0 Å². The molecular formula is C8H13F2NO3S. The van der Waals surface area contributed by atoms with Crippen LogP contribution in [0.1, 0.15) is 26.2 Å². The smallest absolute Gasteiger partial charge is 0.298 e. The summed E-state index contributed by atoms with van der Waals surface area (Å²) in [6.45, 7) is 1.24. The fourth-order valence-corrected chi connectivity index (χ4v) is 2.91. The maximum atomic E-state index is 12.3. The fraction of sp³-hybridized carbons (Fsp3) is 0.875. The van der Waals surface area contributed by atoms with E-state index in [0.717, 1.165) is 0 Å². The number of piperidine rings is 1. The van der Waals surface area contributed by atoms with Gasteiger partial charge in [0, 0.05) is 6.54 Å². The van der Waals surface area contributed by atoms with Gasteiger partial charge in [-0.2, -0.15) is 13.1 Å². The van der Waals surface area contributed by atoms with E-state index in [1.54, 1.807) is 0 Å². The first-order valence-electron chi connectivity index (χ1n) is 4.66. The van der Waals surface area contributed by atoms with Gasteiger partial charge in [-0.1, -0.05) is 6.42 Å². The lowest BCUT2D eigenvalue weighted by Crippen LogP contribution is -2.49. The van der Waals surface area contributed by atoms with Crippen molar-refractivity contribution in [2.75, 3.05) is 6.54 Å². The van der Waals surface area contributed by atoms with Gasteiger partial charge in [-0.3, -0.25) is 4.79 Å². The van der Waals surface area contributed by atoms with Gasteiger partial charge in [0.1, 0.15) is 5.78 Å². The number of carbonyl (C=O) groups excluding carboxylic acids is 1. The molecular weight excluding hydrogens is 228 g/mol. The average molecular weight is 241 g/mol. The molecule has 0 radical (unpaired) electrons. The molecule has 1 unspecified atom stereocenters. The number of alkyl halides is 2. The highest BCUT2D eigenvalue weighted by molar-refractivity contribution is 7.89. The minimum atomic E-state index is -4.61. The predicted octanol–water partition coefficient (Wildman–Crippen LogP) is 0.982. The Bertz CT molecular complexity index is 342. The van der Waals surface area contributed by atoms with Crippen LogP contribution in [-0.2, 0) is 14.8 Å². The summed E-state index contributed by atoms with van der Waals surface area (Å²) in [6.07, 6.45) is 1.55.